The second-order valence-corrected chi connectivity index (χ2v) is 10.9. The van der Waals surface area contributed by atoms with E-state index >= 15 is 0 Å². The quantitative estimate of drug-likeness (QED) is 0.212. The lowest BCUT2D eigenvalue weighted by molar-refractivity contribution is 0.0666. The van der Waals surface area contributed by atoms with Crippen molar-refractivity contribution in [3.05, 3.63) is 142 Å². The van der Waals surface area contributed by atoms with Crippen LogP contribution >= 0.6 is 11.6 Å². The number of Topliss-reactive ketones (excluding diaryl/α,β-unsaturated/α-hetero) is 3. The SMILES string of the molecule is Cc1ccc2c(c1)N1C(C=C2)C2(C(=O)c3ccccc3C2=O)[C@@H](c2ccccc2Cl)[C@@H]1C(=O)c1ccccc1. The van der Waals surface area contributed by atoms with Crippen LogP contribution in [0.5, 0.6) is 0 Å². The third-order valence-electron chi connectivity index (χ3n) is 8.53. The van der Waals surface area contributed by atoms with Crippen molar-refractivity contribution in [2.45, 2.75) is 24.9 Å². The summed E-state index contributed by atoms with van der Waals surface area (Å²) >= 11 is 6.84. The third kappa shape index (κ3) is 3.15. The fourth-order valence-electron chi connectivity index (χ4n) is 6.92. The van der Waals surface area contributed by atoms with E-state index in [1.807, 2.05) is 78.6 Å². The maximum absolute atomic E-state index is 14.6. The molecule has 0 N–H and O–H groups in total. The highest BCUT2D eigenvalue weighted by Crippen LogP contribution is 2.61. The summed E-state index contributed by atoms with van der Waals surface area (Å²) in [6.45, 7) is 2.00. The van der Waals surface area contributed by atoms with Crippen LogP contribution in [0.2, 0.25) is 5.02 Å². The summed E-state index contributed by atoms with van der Waals surface area (Å²) in [5.41, 5.74) is 3.19. The molecule has 3 aliphatic rings. The number of carbonyl (C=O) groups excluding carboxylic acids is 3. The maximum atomic E-state index is 14.6. The molecule has 0 radical (unpaired) electrons. The van der Waals surface area contributed by atoms with Crippen LogP contribution in [-0.4, -0.2) is 29.4 Å². The Balaban J connectivity index is 1.58. The number of hydrogen-bond acceptors (Lipinski definition) is 4. The van der Waals surface area contributed by atoms with Crippen LogP contribution in [0.15, 0.2) is 103 Å². The van der Waals surface area contributed by atoms with Crippen LogP contribution in [0, 0.1) is 12.3 Å². The molecule has 1 fully saturated rings. The Kier molecular flexibility index (Phi) is 5.26. The van der Waals surface area contributed by atoms with Gasteiger partial charge in [-0.1, -0.05) is 109 Å². The zero-order valence-electron chi connectivity index (χ0n) is 21.2. The summed E-state index contributed by atoms with van der Waals surface area (Å²) in [4.78, 5) is 45.9. The van der Waals surface area contributed by atoms with Crippen molar-refractivity contribution in [2.24, 2.45) is 5.41 Å². The van der Waals surface area contributed by atoms with Crippen molar-refractivity contribution in [2.75, 3.05) is 4.90 Å². The molecule has 0 bridgehead atoms. The fraction of sp³-hybridized carbons (Fsp3) is 0.147. The topological polar surface area (TPSA) is 54.5 Å². The Labute approximate surface area is 231 Å². The van der Waals surface area contributed by atoms with Gasteiger partial charge < -0.3 is 4.90 Å². The molecule has 2 heterocycles. The van der Waals surface area contributed by atoms with Crippen molar-refractivity contribution < 1.29 is 14.4 Å². The van der Waals surface area contributed by atoms with Crippen LogP contribution in [0.4, 0.5) is 5.69 Å². The highest BCUT2D eigenvalue weighted by Gasteiger charge is 2.71. The fourth-order valence-corrected chi connectivity index (χ4v) is 7.17. The number of carbonyl (C=O) groups is 3. The Morgan fingerprint density at radius 1 is 0.821 bits per heavy atom. The van der Waals surface area contributed by atoms with Gasteiger partial charge >= 0.3 is 0 Å². The normalized spacial score (nSPS) is 22.1. The lowest BCUT2D eigenvalue weighted by atomic mass is 9.64. The number of fused-ring (bicyclic) bond motifs is 5. The van der Waals surface area contributed by atoms with Gasteiger partial charge in [0.15, 0.2) is 17.3 Å². The number of ketones is 3. The minimum absolute atomic E-state index is 0.151. The van der Waals surface area contributed by atoms with Crippen molar-refractivity contribution in [3.8, 4) is 0 Å². The van der Waals surface area contributed by atoms with Crippen molar-refractivity contribution in [1.82, 2.24) is 0 Å². The number of rotatable bonds is 3. The lowest BCUT2D eigenvalue weighted by Gasteiger charge is -2.37. The van der Waals surface area contributed by atoms with Gasteiger partial charge in [-0.05, 0) is 35.7 Å². The van der Waals surface area contributed by atoms with Crippen molar-refractivity contribution in [1.29, 1.82) is 0 Å². The van der Waals surface area contributed by atoms with E-state index in [1.54, 1.807) is 42.5 Å². The molecule has 0 amide bonds. The molecule has 5 heteroatoms. The minimum atomic E-state index is -1.55. The lowest BCUT2D eigenvalue weighted by Crippen LogP contribution is -2.48. The van der Waals surface area contributed by atoms with E-state index in [0.29, 0.717) is 27.3 Å². The van der Waals surface area contributed by atoms with E-state index in [-0.39, 0.29) is 17.3 Å². The molecule has 2 aliphatic heterocycles. The molecule has 3 atom stereocenters. The molecule has 4 aromatic carbocycles. The Bertz CT molecular complexity index is 1690. The standard InChI is InChI=1S/C34H24ClNO3/c1-20-15-16-21-17-18-28-34(32(38)23-11-5-6-12-24(23)33(34)39)29(25-13-7-8-14-26(25)35)30(36(28)27(21)19-20)31(37)22-9-3-2-4-10-22/h2-19,28-30H,1H3/t28?,29-,30+/m0/s1. The van der Waals surface area contributed by atoms with Crippen LogP contribution in [-0.2, 0) is 0 Å². The summed E-state index contributed by atoms with van der Waals surface area (Å²) in [5, 5.41) is 0.428. The predicted molar refractivity (Wildman–Crippen MR) is 153 cm³/mol. The second kappa shape index (κ2) is 8.62. The predicted octanol–water partition coefficient (Wildman–Crippen LogP) is 6.96. The van der Waals surface area contributed by atoms with Gasteiger partial charge in [0.05, 0.1) is 6.04 Å². The molecule has 1 saturated heterocycles. The Morgan fingerprint density at radius 3 is 2.15 bits per heavy atom. The van der Waals surface area contributed by atoms with Gasteiger partial charge in [0.2, 0.25) is 0 Å². The average molecular weight is 530 g/mol. The van der Waals surface area contributed by atoms with Crippen LogP contribution in [0.25, 0.3) is 6.08 Å². The first-order valence-corrected chi connectivity index (χ1v) is 13.4. The summed E-state index contributed by atoms with van der Waals surface area (Å²) in [5.74, 6) is -1.48. The molecule has 4 aromatic rings. The molecule has 1 aliphatic carbocycles. The molecular weight excluding hydrogens is 506 g/mol. The van der Waals surface area contributed by atoms with Gasteiger partial charge in [-0.15, -0.1) is 0 Å². The smallest absolute Gasteiger partial charge is 0.185 e. The molecule has 4 nitrogen and oxygen atoms in total. The number of anilines is 1. The van der Waals surface area contributed by atoms with E-state index in [0.717, 1.165) is 16.8 Å². The first-order valence-electron chi connectivity index (χ1n) is 13.0. The zero-order chi connectivity index (χ0) is 26.9. The van der Waals surface area contributed by atoms with E-state index in [1.165, 1.54) is 0 Å². The van der Waals surface area contributed by atoms with Crippen LogP contribution < -0.4 is 4.90 Å². The van der Waals surface area contributed by atoms with Gasteiger partial charge in [-0.2, -0.15) is 0 Å². The monoisotopic (exact) mass is 529 g/mol. The van der Waals surface area contributed by atoms with Crippen molar-refractivity contribution >= 4 is 40.7 Å². The van der Waals surface area contributed by atoms with Gasteiger partial charge in [0.1, 0.15) is 11.5 Å². The van der Waals surface area contributed by atoms with Crippen LogP contribution in [0.1, 0.15) is 53.7 Å². The average Bonchev–Trinajstić information content (AvgIpc) is 3.39. The van der Waals surface area contributed by atoms with Crippen LogP contribution in [0.3, 0.4) is 0 Å². The molecule has 1 unspecified atom stereocenters. The largest absolute Gasteiger partial charge is 0.352 e. The molecule has 190 valence electrons. The number of nitrogens with zero attached hydrogens (tertiary/aromatic N) is 1. The molecule has 39 heavy (non-hydrogen) atoms. The number of hydrogen-bond donors (Lipinski definition) is 0. The molecule has 0 saturated carbocycles. The molecule has 1 spiro atoms. The number of benzene rings is 4. The first kappa shape index (κ1) is 23.8. The van der Waals surface area contributed by atoms with E-state index in [4.69, 9.17) is 11.6 Å². The highest BCUT2D eigenvalue weighted by molar-refractivity contribution is 6.34. The molecule has 0 aromatic heterocycles. The highest BCUT2D eigenvalue weighted by atomic mass is 35.5. The third-order valence-corrected chi connectivity index (χ3v) is 8.87. The first-order chi connectivity index (χ1) is 18.9. The summed E-state index contributed by atoms with van der Waals surface area (Å²) in [6.07, 6.45) is 3.90. The summed E-state index contributed by atoms with van der Waals surface area (Å²) in [7, 11) is 0. The second-order valence-electron chi connectivity index (χ2n) is 10.5. The van der Waals surface area contributed by atoms with Gasteiger partial charge in [0.25, 0.3) is 0 Å². The van der Waals surface area contributed by atoms with Gasteiger partial charge in [-0.25, -0.2) is 0 Å². The number of halogens is 1. The maximum Gasteiger partial charge on any atom is 0.185 e. The van der Waals surface area contributed by atoms with Gasteiger partial charge in [-0.3, -0.25) is 14.4 Å². The van der Waals surface area contributed by atoms with Gasteiger partial charge in [0, 0.05) is 33.3 Å². The summed E-state index contributed by atoms with van der Waals surface area (Å²) < 4.78 is 0. The summed E-state index contributed by atoms with van der Waals surface area (Å²) in [6, 6.07) is 27.9. The van der Waals surface area contributed by atoms with E-state index in [9.17, 15) is 14.4 Å². The Morgan fingerprint density at radius 2 is 1.46 bits per heavy atom. The molecule has 7 rings (SSSR count). The van der Waals surface area contributed by atoms with E-state index < -0.39 is 23.4 Å². The van der Waals surface area contributed by atoms with E-state index in [2.05, 4.69) is 0 Å². The minimum Gasteiger partial charge on any atom is -0.352 e. The Hall–Kier alpha value is -4.28. The molecular formula is C34H24ClNO3. The zero-order valence-corrected chi connectivity index (χ0v) is 21.9. The van der Waals surface area contributed by atoms with Crippen molar-refractivity contribution in [3.63, 3.8) is 0 Å². The number of aryl methyl sites for hydroxylation is 1.